The summed E-state index contributed by atoms with van der Waals surface area (Å²) in [6.45, 7) is 0. The zero-order chi connectivity index (χ0) is 11.8. The molecule has 0 unspecified atom stereocenters. The number of rotatable bonds is 1. The van der Waals surface area contributed by atoms with Crippen LogP contribution in [0.1, 0.15) is 0 Å². The normalized spacial score (nSPS) is 10.9. The second-order valence-electron chi connectivity index (χ2n) is 3.64. The van der Waals surface area contributed by atoms with E-state index < -0.39 is 0 Å². The van der Waals surface area contributed by atoms with Gasteiger partial charge in [-0.3, -0.25) is 0 Å². The van der Waals surface area contributed by atoms with E-state index in [2.05, 4.69) is 20.9 Å². The third-order valence-corrected chi connectivity index (χ3v) is 3.98. The molecule has 0 amide bonds. The summed E-state index contributed by atoms with van der Waals surface area (Å²) in [6.07, 6.45) is 0. The van der Waals surface area contributed by atoms with Crippen molar-refractivity contribution in [1.29, 1.82) is 0 Å². The Morgan fingerprint density at radius 2 is 2.00 bits per heavy atom. The predicted octanol–water partition coefficient (Wildman–Crippen LogP) is 4.86. The monoisotopic (exact) mass is 307 g/mol. The van der Waals surface area contributed by atoms with Gasteiger partial charge in [-0.05, 0) is 30.3 Å². The fraction of sp³-hybridized carbons (Fsp3) is 0. The van der Waals surface area contributed by atoms with Gasteiger partial charge in [0.05, 0.1) is 10.2 Å². The van der Waals surface area contributed by atoms with E-state index in [9.17, 15) is 4.39 Å². The SMILES string of the molecule is Fc1ccc2nc(-c3cccc(Br)c3)sc2c1. The van der Waals surface area contributed by atoms with E-state index in [0.29, 0.717) is 0 Å². The van der Waals surface area contributed by atoms with E-state index in [1.807, 2.05) is 24.3 Å². The second kappa shape index (κ2) is 4.20. The topological polar surface area (TPSA) is 12.9 Å². The van der Waals surface area contributed by atoms with E-state index in [0.717, 1.165) is 25.3 Å². The maximum Gasteiger partial charge on any atom is 0.124 e. The van der Waals surface area contributed by atoms with E-state index in [4.69, 9.17) is 0 Å². The van der Waals surface area contributed by atoms with Gasteiger partial charge in [0.1, 0.15) is 10.8 Å². The average Bonchev–Trinajstić information content (AvgIpc) is 2.72. The molecule has 0 aliphatic rings. The second-order valence-corrected chi connectivity index (χ2v) is 5.59. The summed E-state index contributed by atoms with van der Waals surface area (Å²) in [4.78, 5) is 4.50. The minimum absolute atomic E-state index is 0.220. The first-order valence-corrected chi connectivity index (χ1v) is 6.65. The lowest BCUT2D eigenvalue weighted by Crippen LogP contribution is -1.75. The summed E-state index contributed by atoms with van der Waals surface area (Å²) in [5.74, 6) is -0.220. The van der Waals surface area contributed by atoms with Gasteiger partial charge in [0.25, 0.3) is 0 Å². The molecule has 1 aromatic heterocycles. The Kier molecular flexibility index (Phi) is 2.68. The Morgan fingerprint density at radius 3 is 2.82 bits per heavy atom. The molecule has 0 radical (unpaired) electrons. The lowest BCUT2D eigenvalue weighted by atomic mass is 10.2. The molecule has 2 aromatic carbocycles. The molecule has 3 rings (SSSR count). The zero-order valence-corrected chi connectivity index (χ0v) is 11.1. The highest BCUT2D eigenvalue weighted by Crippen LogP contribution is 2.31. The fourth-order valence-corrected chi connectivity index (χ4v) is 3.03. The van der Waals surface area contributed by atoms with Crippen LogP contribution in [0.15, 0.2) is 46.9 Å². The van der Waals surface area contributed by atoms with Crippen LogP contribution < -0.4 is 0 Å². The first-order valence-electron chi connectivity index (χ1n) is 5.04. The van der Waals surface area contributed by atoms with Crippen molar-refractivity contribution in [3.63, 3.8) is 0 Å². The van der Waals surface area contributed by atoms with Crippen LogP contribution in [0.2, 0.25) is 0 Å². The van der Waals surface area contributed by atoms with E-state index >= 15 is 0 Å². The molecule has 0 atom stereocenters. The van der Waals surface area contributed by atoms with Crippen LogP contribution in [0.5, 0.6) is 0 Å². The van der Waals surface area contributed by atoms with Gasteiger partial charge in [-0.25, -0.2) is 9.37 Å². The van der Waals surface area contributed by atoms with Crippen molar-refractivity contribution in [2.75, 3.05) is 0 Å². The lowest BCUT2D eigenvalue weighted by Gasteiger charge is -1.95. The van der Waals surface area contributed by atoms with Crippen molar-refractivity contribution >= 4 is 37.5 Å². The number of aromatic nitrogens is 1. The molecule has 4 heteroatoms. The molecule has 0 N–H and O–H groups in total. The van der Waals surface area contributed by atoms with Crippen molar-refractivity contribution < 1.29 is 4.39 Å². The maximum absolute atomic E-state index is 13.1. The Morgan fingerprint density at radius 1 is 1.12 bits per heavy atom. The first-order chi connectivity index (χ1) is 8.22. The summed E-state index contributed by atoms with van der Waals surface area (Å²) in [5, 5.41) is 0.909. The van der Waals surface area contributed by atoms with Crippen molar-refractivity contribution in [3.8, 4) is 10.6 Å². The number of fused-ring (bicyclic) bond motifs is 1. The standard InChI is InChI=1S/C13H7BrFNS/c14-9-3-1-2-8(6-9)13-16-11-5-4-10(15)7-12(11)17-13/h1-7H. The Labute approximate surface area is 110 Å². The molecule has 3 aromatic rings. The lowest BCUT2D eigenvalue weighted by molar-refractivity contribution is 0.630. The molecule has 84 valence electrons. The van der Waals surface area contributed by atoms with Crippen LogP contribution in [0.4, 0.5) is 4.39 Å². The molecular formula is C13H7BrFNS. The predicted molar refractivity (Wildman–Crippen MR) is 72.7 cm³/mol. The highest BCUT2D eigenvalue weighted by molar-refractivity contribution is 9.10. The molecule has 0 spiro atoms. The van der Waals surface area contributed by atoms with Crippen LogP contribution in [-0.4, -0.2) is 4.98 Å². The third-order valence-electron chi connectivity index (χ3n) is 2.42. The molecular weight excluding hydrogens is 301 g/mol. The van der Waals surface area contributed by atoms with Gasteiger partial charge >= 0.3 is 0 Å². The highest BCUT2D eigenvalue weighted by Gasteiger charge is 2.07. The zero-order valence-electron chi connectivity index (χ0n) is 8.65. The molecule has 0 aliphatic heterocycles. The minimum Gasteiger partial charge on any atom is -0.236 e. The maximum atomic E-state index is 13.1. The summed E-state index contributed by atoms with van der Waals surface area (Å²) in [7, 11) is 0. The fourth-order valence-electron chi connectivity index (χ4n) is 1.64. The van der Waals surface area contributed by atoms with E-state index in [1.165, 1.54) is 23.5 Å². The number of benzene rings is 2. The molecule has 17 heavy (non-hydrogen) atoms. The average molecular weight is 308 g/mol. The third kappa shape index (κ3) is 2.10. The van der Waals surface area contributed by atoms with Crippen molar-refractivity contribution in [1.82, 2.24) is 4.98 Å². The van der Waals surface area contributed by atoms with Crippen LogP contribution in [0, 0.1) is 5.82 Å². The molecule has 1 heterocycles. The highest BCUT2D eigenvalue weighted by atomic mass is 79.9. The number of hydrogen-bond acceptors (Lipinski definition) is 2. The van der Waals surface area contributed by atoms with Gasteiger partial charge in [-0.2, -0.15) is 0 Å². The summed E-state index contributed by atoms with van der Waals surface area (Å²) in [5.41, 5.74) is 1.88. The Balaban J connectivity index is 2.18. The molecule has 0 saturated heterocycles. The van der Waals surface area contributed by atoms with Gasteiger partial charge in [-0.1, -0.05) is 28.1 Å². The summed E-state index contributed by atoms with van der Waals surface area (Å²) >= 11 is 4.93. The molecule has 0 aliphatic carbocycles. The summed E-state index contributed by atoms with van der Waals surface area (Å²) < 4.78 is 15.0. The first kappa shape index (κ1) is 10.9. The van der Waals surface area contributed by atoms with Gasteiger partial charge in [0.15, 0.2) is 0 Å². The van der Waals surface area contributed by atoms with Gasteiger partial charge in [-0.15, -0.1) is 11.3 Å². The van der Waals surface area contributed by atoms with Crippen molar-refractivity contribution in [2.24, 2.45) is 0 Å². The number of hydrogen-bond donors (Lipinski definition) is 0. The minimum atomic E-state index is -0.220. The van der Waals surface area contributed by atoms with Crippen molar-refractivity contribution in [3.05, 3.63) is 52.8 Å². The van der Waals surface area contributed by atoms with Crippen LogP contribution >= 0.6 is 27.3 Å². The summed E-state index contributed by atoms with van der Waals surface area (Å²) in [6, 6.07) is 12.6. The van der Waals surface area contributed by atoms with Gasteiger partial charge in [0, 0.05) is 10.0 Å². The van der Waals surface area contributed by atoms with Crippen LogP contribution in [0.25, 0.3) is 20.8 Å². The Bertz CT molecular complexity index is 693. The van der Waals surface area contributed by atoms with Crippen LogP contribution in [0.3, 0.4) is 0 Å². The number of nitrogens with zero attached hydrogens (tertiary/aromatic N) is 1. The van der Waals surface area contributed by atoms with Gasteiger partial charge < -0.3 is 0 Å². The number of halogens is 2. The smallest absolute Gasteiger partial charge is 0.124 e. The number of thiazole rings is 1. The molecule has 0 bridgehead atoms. The van der Waals surface area contributed by atoms with Crippen LogP contribution in [-0.2, 0) is 0 Å². The molecule has 0 fully saturated rings. The molecule has 0 saturated carbocycles. The quantitative estimate of drug-likeness (QED) is 0.625. The van der Waals surface area contributed by atoms with Gasteiger partial charge in [0.2, 0.25) is 0 Å². The largest absolute Gasteiger partial charge is 0.236 e. The van der Waals surface area contributed by atoms with E-state index in [1.54, 1.807) is 6.07 Å². The van der Waals surface area contributed by atoms with Crippen molar-refractivity contribution in [2.45, 2.75) is 0 Å². The Hall–Kier alpha value is -1.26. The molecule has 1 nitrogen and oxygen atoms in total. The van der Waals surface area contributed by atoms with E-state index in [-0.39, 0.29) is 5.82 Å².